The Balaban J connectivity index is 2.09. The number of methoxy groups -OCH3 is 2. The van der Waals surface area contributed by atoms with Crippen molar-refractivity contribution in [2.75, 3.05) is 31.3 Å². The Hall–Kier alpha value is -4.12. The predicted molar refractivity (Wildman–Crippen MR) is 161 cm³/mol. The van der Waals surface area contributed by atoms with Crippen molar-refractivity contribution in [1.82, 2.24) is 10.2 Å². The van der Waals surface area contributed by atoms with Gasteiger partial charge in [-0.2, -0.15) is 0 Å². The van der Waals surface area contributed by atoms with Crippen molar-refractivity contribution in [2.45, 2.75) is 45.3 Å². The highest BCUT2D eigenvalue weighted by atomic mass is 32.2. The number of hydrogen-bond acceptors (Lipinski definition) is 6. The summed E-state index contributed by atoms with van der Waals surface area (Å²) in [4.78, 5) is 29.1. The van der Waals surface area contributed by atoms with E-state index in [1.165, 1.54) is 55.5 Å². The molecule has 0 bridgehead atoms. The van der Waals surface area contributed by atoms with Crippen LogP contribution in [0.3, 0.4) is 0 Å². The lowest BCUT2D eigenvalue weighted by atomic mass is 10.0. The summed E-state index contributed by atoms with van der Waals surface area (Å²) in [7, 11) is -1.12. The first-order chi connectivity index (χ1) is 20.0. The van der Waals surface area contributed by atoms with E-state index < -0.39 is 40.2 Å². The van der Waals surface area contributed by atoms with Crippen LogP contribution >= 0.6 is 0 Å². The van der Waals surface area contributed by atoms with Crippen LogP contribution in [0.1, 0.15) is 31.4 Å². The van der Waals surface area contributed by atoms with E-state index in [9.17, 15) is 22.4 Å². The van der Waals surface area contributed by atoms with Gasteiger partial charge >= 0.3 is 0 Å². The van der Waals surface area contributed by atoms with Gasteiger partial charge in [0.05, 0.1) is 26.2 Å². The number of halogens is 1. The lowest BCUT2D eigenvalue weighted by Gasteiger charge is -2.34. The third kappa shape index (κ3) is 8.45. The second-order valence-electron chi connectivity index (χ2n) is 9.95. The van der Waals surface area contributed by atoms with Gasteiger partial charge in [-0.3, -0.25) is 13.9 Å². The number of benzene rings is 3. The second-order valence-corrected chi connectivity index (χ2v) is 11.9. The largest absolute Gasteiger partial charge is 0.493 e. The number of nitrogens with one attached hydrogen (secondary N) is 1. The van der Waals surface area contributed by atoms with E-state index in [-0.39, 0.29) is 36.0 Å². The standard InChI is InChI=1S/C31H38FN3O6S/c1-6-22(2)33-31(37)27(18-23-12-8-7-9-13-23)34(20-24-14-10-11-15-26(24)32)30(36)21-35(42(5,38)39)25-16-17-28(40-3)29(19-25)41-4/h7-17,19,22,27H,6,18,20-21H2,1-5H3,(H,33,37)/t22-,27+/m1/s1. The molecule has 0 radical (unpaired) electrons. The fraction of sp³-hybridized carbons (Fsp3) is 0.355. The molecule has 0 saturated heterocycles. The van der Waals surface area contributed by atoms with Gasteiger partial charge in [-0.1, -0.05) is 55.5 Å². The number of sulfonamides is 1. The molecule has 3 aromatic rings. The Morgan fingerprint density at radius 2 is 1.60 bits per heavy atom. The summed E-state index contributed by atoms with van der Waals surface area (Å²) in [5.74, 6) is -0.995. The van der Waals surface area contributed by atoms with Crippen LogP contribution < -0.4 is 19.1 Å². The first kappa shape index (κ1) is 32.4. The maximum atomic E-state index is 14.9. The van der Waals surface area contributed by atoms with Crippen LogP contribution in [0.4, 0.5) is 10.1 Å². The highest BCUT2D eigenvalue weighted by Crippen LogP contribution is 2.32. The van der Waals surface area contributed by atoms with Crippen molar-refractivity contribution < 1.29 is 31.9 Å². The number of carbonyl (C=O) groups is 2. The average Bonchev–Trinajstić information content (AvgIpc) is 2.97. The Morgan fingerprint density at radius 1 is 0.952 bits per heavy atom. The van der Waals surface area contributed by atoms with Crippen LogP contribution in [0.5, 0.6) is 11.5 Å². The Morgan fingerprint density at radius 3 is 2.19 bits per heavy atom. The summed E-state index contributed by atoms with van der Waals surface area (Å²) >= 11 is 0. The number of anilines is 1. The van der Waals surface area contributed by atoms with Gasteiger partial charge in [-0.15, -0.1) is 0 Å². The fourth-order valence-corrected chi connectivity index (χ4v) is 5.24. The molecular formula is C31H38FN3O6S. The van der Waals surface area contributed by atoms with Gasteiger partial charge < -0.3 is 19.7 Å². The first-order valence-electron chi connectivity index (χ1n) is 13.5. The van der Waals surface area contributed by atoms with E-state index in [2.05, 4.69) is 5.32 Å². The third-order valence-corrected chi connectivity index (χ3v) is 8.05. The molecule has 0 unspecified atom stereocenters. The molecule has 0 saturated carbocycles. The molecule has 9 nitrogen and oxygen atoms in total. The summed E-state index contributed by atoms with van der Waals surface area (Å²) in [5, 5.41) is 2.94. The van der Waals surface area contributed by atoms with Gasteiger partial charge in [0.25, 0.3) is 0 Å². The van der Waals surface area contributed by atoms with E-state index >= 15 is 0 Å². The summed E-state index contributed by atoms with van der Waals surface area (Å²) in [5.41, 5.74) is 1.14. The van der Waals surface area contributed by atoms with Gasteiger partial charge in [-0.25, -0.2) is 12.8 Å². The van der Waals surface area contributed by atoms with Crippen molar-refractivity contribution in [2.24, 2.45) is 0 Å². The summed E-state index contributed by atoms with van der Waals surface area (Å²) in [6.07, 6.45) is 1.78. The van der Waals surface area contributed by atoms with Crippen molar-refractivity contribution in [3.05, 3.63) is 89.7 Å². The molecule has 3 aromatic carbocycles. The Kier molecular flexibility index (Phi) is 11.3. The molecule has 0 aliphatic rings. The summed E-state index contributed by atoms with van der Waals surface area (Å²) in [6, 6.07) is 18.4. The molecule has 226 valence electrons. The number of amides is 2. The summed E-state index contributed by atoms with van der Waals surface area (Å²) in [6.45, 7) is 2.89. The molecule has 2 amide bonds. The quantitative estimate of drug-likeness (QED) is 0.298. The van der Waals surface area contributed by atoms with Crippen LogP contribution in [0.15, 0.2) is 72.8 Å². The SMILES string of the molecule is CC[C@@H](C)NC(=O)[C@H](Cc1ccccc1)N(Cc1ccccc1F)C(=O)CN(c1ccc(OC)c(OC)c1)S(C)(=O)=O. The highest BCUT2D eigenvalue weighted by molar-refractivity contribution is 7.92. The molecular weight excluding hydrogens is 561 g/mol. The highest BCUT2D eigenvalue weighted by Gasteiger charge is 2.34. The minimum absolute atomic E-state index is 0.137. The lowest BCUT2D eigenvalue weighted by Crippen LogP contribution is -2.54. The first-order valence-corrected chi connectivity index (χ1v) is 15.4. The van der Waals surface area contributed by atoms with Gasteiger partial charge in [-0.05, 0) is 37.1 Å². The maximum Gasteiger partial charge on any atom is 0.244 e. The van der Waals surface area contributed by atoms with Crippen LogP contribution in [0.25, 0.3) is 0 Å². The normalized spacial score (nSPS) is 12.6. The van der Waals surface area contributed by atoms with Gasteiger partial charge in [0.2, 0.25) is 21.8 Å². The zero-order chi connectivity index (χ0) is 30.9. The summed E-state index contributed by atoms with van der Waals surface area (Å²) < 4.78 is 52.3. The Bertz CT molecular complexity index is 1470. The van der Waals surface area contributed by atoms with Crippen LogP contribution in [0, 0.1) is 5.82 Å². The molecule has 1 N–H and O–H groups in total. The van der Waals surface area contributed by atoms with Crippen LogP contribution in [-0.4, -0.2) is 64.2 Å². The second kappa shape index (κ2) is 14.7. The molecule has 0 spiro atoms. The van der Waals surface area contributed by atoms with Crippen molar-refractivity contribution >= 4 is 27.5 Å². The molecule has 3 rings (SSSR count). The molecule has 2 atom stereocenters. The van der Waals surface area contributed by atoms with Crippen molar-refractivity contribution in [3.63, 3.8) is 0 Å². The number of carbonyl (C=O) groups excluding carboxylic acids is 2. The molecule has 0 heterocycles. The molecule has 0 aromatic heterocycles. The van der Waals surface area contributed by atoms with Gasteiger partial charge in [0.1, 0.15) is 18.4 Å². The fourth-order valence-electron chi connectivity index (χ4n) is 4.40. The zero-order valence-electron chi connectivity index (χ0n) is 24.5. The maximum absolute atomic E-state index is 14.9. The van der Waals surface area contributed by atoms with Crippen LogP contribution in [0.2, 0.25) is 0 Å². The van der Waals surface area contributed by atoms with E-state index in [1.54, 1.807) is 6.07 Å². The number of hydrogen-bond donors (Lipinski definition) is 1. The van der Waals surface area contributed by atoms with Crippen LogP contribution in [-0.2, 0) is 32.6 Å². The number of rotatable bonds is 14. The topological polar surface area (TPSA) is 105 Å². The predicted octanol–water partition coefficient (Wildman–Crippen LogP) is 4.16. The van der Waals surface area contributed by atoms with Gasteiger partial charge in [0.15, 0.2) is 11.5 Å². The Labute approximate surface area is 247 Å². The molecule has 0 aliphatic carbocycles. The van der Waals surface area contributed by atoms with Crippen molar-refractivity contribution in [3.8, 4) is 11.5 Å². The molecule has 42 heavy (non-hydrogen) atoms. The molecule has 0 aliphatic heterocycles. The lowest BCUT2D eigenvalue weighted by molar-refractivity contribution is -0.140. The minimum atomic E-state index is -3.99. The van der Waals surface area contributed by atoms with E-state index in [4.69, 9.17) is 9.47 Å². The smallest absolute Gasteiger partial charge is 0.244 e. The third-order valence-electron chi connectivity index (χ3n) is 6.90. The van der Waals surface area contributed by atoms with E-state index in [0.29, 0.717) is 12.2 Å². The number of ether oxygens (including phenoxy) is 2. The molecule has 0 fully saturated rings. The minimum Gasteiger partial charge on any atom is -0.493 e. The monoisotopic (exact) mass is 599 g/mol. The van der Waals surface area contributed by atoms with Gasteiger partial charge in [0, 0.05) is 30.6 Å². The van der Waals surface area contributed by atoms with E-state index in [1.807, 2.05) is 44.2 Å². The number of nitrogens with zero attached hydrogens (tertiary/aromatic N) is 2. The average molecular weight is 600 g/mol. The zero-order valence-corrected chi connectivity index (χ0v) is 25.4. The van der Waals surface area contributed by atoms with E-state index in [0.717, 1.165) is 16.1 Å². The van der Waals surface area contributed by atoms with Crippen molar-refractivity contribution in [1.29, 1.82) is 0 Å². The molecule has 11 heteroatoms.